The molecule has 4 rings (SSSR count). The van der Waals surface area contributed by atoms with Crippen molar-refractivity contribution in [1.82, 2.24) is 15.5 Å². The quantitative estimate of drug-likeness (QED) is 0.418. The predicted molar refractivity (Wildman–Crippen MR) is 140 cm³/mol. The number of hydrogen-bond acceptors (Lipinski definition) is 8. The van der Waals surface area contributed by atoms with Crippen LogP contribution in [0.15, 0.2) is 40.9 Å². The molecule has 2 N–H and O–H groups in total. The van der Waals surface area contributed by atoms with E-state index in [1.807, 2.05) is 51.7 Å². The maximum Gasteiger partial charge on any atom is 0.308 e. The van der Waals surface area contributed by atoms with Crippen LogP contribution in [0.25, 0.3) is 11.5 Å². The molecular weight excluding hydrogens is 470 g/mol. The first kappa shape index (κ1) is 26.2. The maximum absolute atomic E-state index is 11.6. The van der Waals surface area contributed by atoms with Gasteiger partial charge in [-0.1, -0.05) is 32.9 Å². The number of nitriles is 1. The van der Waals surface area contributed by atoms with Gasteiger partial charge in [-0.05, 0) is 66.2 Å². The third kappa shape index (κ3) is 5.92. The van der Waals surface area contributed by atoms with Gasteiger partial charge in [0.05, 0.1) is 23.1 Å². The highest BCUT2D eigenvalue weighted by molar-refractivity contribution is 5.71. The zero-order valence-electron chi connectivity index (χ0n) is 21.9. The first-order valence-corrected chi connectivity index (χ1v) is 12.4. The molecule has 0 amide bonds. The van der Waals surface area contributed by atoms with E-state index in [4.69, 9.17) is 9.26 Å². The van der Waals surface area contributed by atoms with Crippen LogP contribution in [0.1, 0.15) is 51.3 Å². The fourth-order valence-electron chi connectivity index (χ4n) is 4.48. The molecule has 0 saturated carbocycles. The summed E-state index contributed by atoms with van der Waals surface area (Å²) in [6.45, 7) is 11.4. The van der Waals surface area contributed by atoms with Crippen LogP contribution in [-0.2, 0) is 17.8 Å². The largest absolute Gasteiger partial charge is 0.491 e. The van der Waals surface area contributed by atoms with Crippen LogP contribution in [-0.4, -0.2) is 40.4 Å². The molecule has 0 bridgehead atoms. The Morgan fingerprint density at radius 1 is 1.27 bits per heavy atom. The Morgan fingerprint density at radius 2 is 2.05 bits per heavy atom. The lowest BCUT2D eigenvalue weighted by molar-refractivity contribution is -0.145. The van der Waals surface area contributed by atoms with Gasteiger partial charge in [0.1, 0.15) is 11.8 Å². The van der Waals surface area contributed by atoms with Gasteiger partial charge in [-0.3, -0.25) is 4.79 Å². The standard InChI is InChI=1S/C28H33N5O4/c1-17(2)36-21-7-8-22(20(13-21)14-29)25-31-27(32-37-25)33-11-10-19-12-18(6-9-24(19)33)15-30-16-23(26(34)35)28(3,4)5/h6-9,12-13,17,23,30H,10-11,15-16H2,1-5H3,(H,34,35). The lowest BCUT2D eigenvalue weighted by atomic mass is 9.80. The van der Waals surface area contributed by atoms with E-state index in [-0.39, 0.29) is 17.4 Å². The van der Waals surface area contributed by atoms with Crippen LogP contribution in [0, 0.1) is 22.7 Å². The molecule has 1 aliphatic heterocycles. The zero-order chi connectivity index (χ0) is 26.7. The van der Waals surface area contributed by atoms with Crippen molar-refractivity contribution in [1.29, 1.82) is 5.26 Å². The lowest BCUT2D eigenvalue weighted by Crippen LogP contribution is -2.37. The number of aromatic nitrogens is 2. The molecule has 0 spiro atoms. The van der Waals surface area contributed by atoms with E-state index in [0.717, 1.165) is 17.7 Å². The van der Waals surface area contributed by atoms with E-state index in [2.05, 4.69) is 27.6 Å². The molecule has 9 nitrogen and oxygen atoms in total. The van der Waals surface area contributed by atoms with Gasteiger partial charge in [-0.15, -0.1) is 0 Å². The number of rotatable bonds is 9. The third-order valence-corrected chi connectivity index (χ3v) is 6.43. The number of aliphatic carboxylic acids is 1. The summed E-state index contributed by atoms with van der Waals surface area (Å²) >= 11 is 0. The van der Waals surface area contributed by atoms with Crippen molar-refractivity contribution in [3.05, 3.63) is 53.1 Å². The van der Waals surface area contributed by atoms with Crippen molar-refractivity contribution >= 4 is 17.6 Å². The Kier molecular flexibility index (Phi) is 7.50. The molecule has 37 heavy (non-hydrogen) atoms. The fourth-order valence-corrected chi connectivity index (χ4v) is 4.48. The number of carboxylic acid groups (broad SMARTS) is 1. The monoisotopic (exact) mass is 503 g/mol. The van der Waals surface area contributed by atoms with Crippen molar-refractivity contribution in [2.45, 2.75) is 53.7 Å². The molecule has 2 heterocycles. The molecule has 1 unspecified atom stereocenters. The van der Waals surface area contributed by atoms with Crippen molar-refractivity contribution in [2.75, 3.05) is 18.0 Å². The molecule has 1 aromatic heterocycles. The fraction of sp³-hybridized carbons (Fsp3) is 0.429. The molecule has 0 radical (unpaired) electrons. The molecule has 1 aliphatic rings. The highest BCUT2D eigenvalue weighted by Crippen LogP contribution is 2.35. The molecule has 2 aromatic carbocycles. The highest BCUT2D eigenvalue weighted by atomic mass is 16.5. The van der Waals surface area contributed by atoms with Gasteiger partial charge in [0.2, 0.25) is 0 Å². The Morgan fingerprint density at radius 3 is 2.73 bits per heavy atom. The normalized spacial score (nSPS) is 13.9. The van der Waals surface area contributed by atoms with E-state index in [0.29, 0.717) is 42.5 Å². The van der Waals surface area contributed by atoms with Crippen LogP contribution in [0.3, 0.4) is 0 Å². The van der Waals surface area contributed by atoms with Gasteiger partial charge in [0.15, 0.2) is 0 Å². The van der Waals surface area contributed by atoms with Gasteiger partial charge in [0.25, 0.3) is 11.8 Å². The SMILES string of the molecule is CC(C)Oc1ccc(-c2nc(N3CCc4cc(CNCC(C(=O)O)C(C)(C)C)ccc43)no2)c(C#N)c1. The molecule has 0 aliphatic carbocycles. The Balaban J connectivity index is 1.46. The van der Waals surface area contributed by atoms with Gasteiger partial charge >= 0.3 is 5.97 Å². The number of nitrogens with zero attached hydrogens (tertiary/aromatic N) is 4. The summed E-state index contributed by atoms with van der Waals surface area (Å²) < 4.78 is 11.2. The van der Waals surface area contributed by atoms with E-state index < -0.39 is 11.9 Å². The summed E-state index contributed by atoms with van der Waals surface area (Å²) in [6, 6.07) is 13.6. The highest BCUT2D eigenvalue weighted by Gasteiger charge is 2.31. The number of nitrogens with one attached hydrogen (secondary N) is 1. The predicted octanol–water partition coefficient (Wildman–Crippen LogP) is 4.93. The number of fused-ring (bicyclic) bond motifs is 1. The topological polar surface area (TPSA) is 125 Å². The summed E-state index contributed by atoms with van der Waals surface area (Å²) in [7, 11) is 0. The van der Waals surface area contributed by atoms with Crippen LogP contribution >= 0.6 is 0 Å². The summed E-state index contributed by atoms with van der Waals surface area (Å²) in [4.78, 5) is 18.2. The summed E-state index contributed by atoms with van der Waals surface area (Å²) in [5, 5.41) is 26.6. The molecule has 3 aromatic rings. The number of carbonyl (C=O) groups is 1. The van der Waals surface area contributed by atoms with Gasteiger partial charge in [-0.2, -0.15) is 10.2 Å². The van der Waals surface area contributed by atoms with Crippen LogP contribution < -0.4 is 15.0 Å². The van der Waals surface area contributed by atoms with Crippen molar-refractivity contribution in [3.63, 3.8) is 0 Å². The van der Waals surface area contributed by atoms with Crippen molar-refractivity contribution in [3.8, 4) is 23.3 Å². The summed E-state index contributed by atoms with van der Waals surface area (Å²) in [6.07, 6.45) is 0.835. The minimum atomic E-state index is -0.786. The van der Waals surface area contributed by atoms with Gasteiger partial charge in [0, 0.05) is 25.3 Å². The molecule has 0 saturated heterocycles. The van der Waals surface area contributed by atoms with E-state index in [9.17, 15) is 15.2 Å². The van der Waals surface area contributed by atoms with E-state index in [1.165, 1.54) is 5.56 Å². The zero-order valence-corrected chi connectivity index (χ0v) is 21.9. The van der Waals surface area contributed by atoms with Crippen LogP contribution in [0.4, 0.5) is 11.6 Å². The average Bonchev–Trinajstić information content (AvgIpc) is 3.47. The molecule has 0 fully saturated rings. The van der Waals surface area contributed by atoms with Crippen LogP contribution in [0.2, 0.25) is 0 Å². The smallest absolute Gasteiger partial charge is 0.308 e. The maximum atomic E-state index is 11.6. The number of hydrogen-bond donors (Lipinski definition) is 2. The Bertz CT molecular complexity index is 1320. The van der Waals surface area contributed by atoms with E-state index >= 15 is 0 Å². The molecule has 9 heteroatoms. The summed E-state index contributed by atoms with van der Waals surface area (Å²) in [5.74, 6) is 0.0890. The second-order valence-corrected chi connectivity index (χ2v) is 10.6. The lowest BCUT2D eigenvalue weighted by Gasteiger charge is -2.27. The van der Waals surface area contributed by atoms with Crippen molar-refractivity contribution < 1.29 is 19.2 Å². The first-order valence-electron chi connectivity index (χ1n) is 12.4. The molecular formula is C28H33N5O4. The van der Waals surface area contributed by atoms with E-state index in [1.54, 1.807) is 18.2 Å². The van der Waals surface area contributed by atoms with Crippen LogP contribution in [0.5, 0.6) is 5.75 Å². The second-order valence-electron chi connectivity index (χ2n) is 10.6. The minimum absolute atomic E-state index is 0.00378. The number of ether oxygens (including phenoxy) is 1. The van der Waals surface area contributed by atoms with Gasteiger partial charge in [-0.25, -0.2) is 0 Å². The third-order valence-electron chi connectivity index (χ3n) is 6.43. The number of anilines is 2. The number of benzene rings is 2. The second kappa shape index (κ2) is 10.6. The average molecular weight is 504 g/mol. The minimum Gasteiger partial charge on any atom is -0.491 e. The van der Waals surface area contributed by atoms with Gasteiger partial charge < -0.3 is 24.6 Å². The summed E-state index contributed by atoms with van der Waals surface area (Å²) in [5.41, 5.74) is 3.92. The number of carboxylic acids is 1. The molecule has 194 valence electrons. The Labute approximate surface area is 217 Å². The Hall–Kier alpha value is -3.90. The molecule has 1 atom stereocenters. The first-order chi connectivity index (χ1) is 17.6. The van der Waals surface area contributed by atoms with Crippen molar-refractivity contribution in [2.24, 2.45) is 11.3 Å².